The molecule has 0 aliphatic heterocycles. The fourth-order valence-corrected chi connectivity index (χ4v) is 6.33. The van der Waals surface area contributed by atoms with Gasteiger partial charge in [-0.3, -0.25) is 0 Å². The molecule has 14 heteroatoms. The summed E-state index contributed by atoms with van der Waals surface area (Å²) < 4.78 is 92.6. The molecule has 0 bridgehead atoms. The Balaban J connectivity index is 1.46. The van der Waals surface area contributed by atoms with E-state index in [4.69, 9.17) is 14.5 Å². The lowest BCUT2D eigenvalue weighted by molar-refractivity contribution is -0.138. The summed E-state index contributed by atoms with van der Waals surface area (Å²) in [7, 11) is 1.51. The molecule has 1 fully saturated rings. The first-order valence-electron chi connectivity index (χ1n) is 16.5. The maximum Gasteiger partial charge on any atom is 0.416 e. The van der Waals surface area contributed by atoms with E-state index in [2.05, 4.69) is 21.8 Å². The second-order valence-corrected chi connectivity index (χ2v) is 12.6. The molecule has 1 saturated carbocycles. The third kappa shape index (κ3) is 9.80. The number of aromatic nitrogens is 3. The average molecular weight is 713 g/mol. The molecule has 0 N–H and O–H groups in total. The van der Waals surface area contributed by atoms with E-state index in [1.807, 2.05) is 6.07 Å². The van der Waals surface area contributed by atoms with Gasteiger partial charge in [0.2, 0.25) is 11.8 Å². The minimum absolute atomic E-state index is 0.000779. The van der Waals surface area contributed by atoms with E-state index in [9.17, 15) is 31.6 Å². The number of pyridine rings is 1. The molecule has 0 amide bonds. The van der Waals surface area contributed by atoms with Crippen LogP contribution >= 0.6 is 0 Å². The van der Waals surface area contributed by atoms with Gasteiger partial charge in [0.1, 0.15) is 6.61 Å². The second-order valence-electron chi connectivity index (χ2n) is 12.6. The van der Waals surface area contributed by atoms with Crippen LogP contribution in [0.1, 0.15) is 71.7 Å². The average Bonchev–Trinajstić information content (AvgIpc) is 3.62. The highest BCUT2D eigenvalue weighted by molar-refractivity contribution is 5.54. The molecule has 270 valence electrons. The number of hydrogen-bond donors (Lipinski definition) is 0. The van der Waals surface area contributed by atoms with Gasteiger partial charge in [-0.25, -0.2) is 15.0 Å². The Morgan fingerprint density at radius 3 is 2.16 bits per heavy atom. The number of halogens is 6. The number of hydrogen-bond acceptors (Lipinski definition) is 8. The number of ether oxygens (including phenoxy) is 2. The van der Waals surface area contributed by atoms with Crippen LogP contribution in [0, 0.1) is 24.2 Å². The molecule has 4 aromatic rings. The van der Waals surface area contributed by atoms with Crippen LogP contribution in [0.3, 0.4) is 0 Å². The SMILES string of the molecule is CCN(CC1CCCC1)c1ccc(OC)nc1CN(Cc1cc(C)cc(C(F)(F)F)c1)c1ncc(OCc2cc(C#N)cc(C(F)(F)F)c2)cn1. The van der Waals surface area contributed by atoms with Crippen molar-refractivity contribution in [3.05, 3.63) is 100.0 Å². The van der Waals surface area contributed by atoms with Crippen LogP contribution < -0.4 is 19.3 Å². The Labute approximate surface area is 292 Å². The molecular formula is C37H38F6N6O2. The van der Waals surface area contributed by atoms with Crippen molar-refractivity contribution in [3.8, 4) is 17.7 Å². The quantitative estimate of drug-likeness (QED) is 0.127. The van der Waals surface area contributed by atoms with Gasteiger partial charge < -0.3 is 19.3 Å². The Hall–Kier alpha value is -5.06. The number of nitrogens with zero attached hydrogens (tertiary/aromatic N) is 6. The van der Waals surface area contributed by atoms with Crippen molar-refractivity contribution in [1.82, 2.24) is 15.0 Å². The van der Waals surface area contributed by atoms with E-state index in [0.29, 0.717) is 35.2 Å². The Morgan fingerprint density at radius 2 is 1.53 bits per heavy atom. The van der Waals surface area contributed by atoms with E-state index >= 15 is 0 Å². The standard InChI is InChI=1S/C37H38F6N6O2/c1-4-48(20-25-7-5-6-8-25)33-9-10-34(50-3)47-32(33)22-49(21-27-11-24(2)12-29(15-27)36(38,39)40)35-45-18-31(19-46-35)51-23-28-13-26(17-44)14-30(16-28)37(41,42)43/h9-16,18-19,25H,4-8,20-23H2,1-3H3. The van der Waals surface area contributed by atoms with E-state index in [-0.39, 0.29) is 42.5 Å². The predicted octanol–water partition coefficient (Wildman–Crippen LogP) is 8.90. The van der Waals surface area contributed by atoms with Gasteiger partial charge >= 0.3 is 12.4 Å². The van der Waals surface area contributed by atoms with Crippen molar-refractivity contribution in [2.45, 2.75) is 71.6 Å². The van der Waals surface area contributed by atoms with Crippen molar-refractivity contribution >= 4 is 11.6 Å². The van der Waals surface area contributed by atoms with Crippen molar-refractivity contribution in [3.63, 3.8) is 0 Å². The van der Waals surface area contributed by atoms with E-state index in [0.717, 1.165) is 49.3 Å². The summed E-state index contributed by atoms with van der Waals surface area (Å²) in [5, 5.41) is 9.20. The monoisotopic (exact) mass is 712 g/mol. The third-order valence-corrected chi connectivity index (χ3v) is 8.74. The fourth-order valence-electron chi connectivity index (χ4n) is 6.33. The molecule has 51 heavy (non-hydrogen) atoms. The summed E-state index contributed by atoms with van der Waals surface area (Å²) in [6.07, 6.45) is -1.84. The summed E-state index contributed by atoms with van der Waals surface area (Å²) in [5.41, 5.74) is 0.535. The van der Waals surface area contributed by atoms with Crippen LogP contribution in [0.15, 0.2) is 60.9 Å². The first-order chi connectivity index (χ1) is 24.2. The van der Waals surface area contributed by atoms with Gasteiger partial charge in [0, 0.05) is 25.7 Å². The molecule has 2 aromatic heterocycles. The zero-order valence-electron chi connectivity index (χ0n) is 28.5. The molecule has 0 saturated heterocycles. The van der Waals surface area contributed by atoms with Gasteiger partial charge in [0.15, 0.2) is 5.75 Å². The predicted molar refractivity (Wildman–Crippen MR) is 179 cm³/mol. The summed E-state index contributed by atoms with van der Waals surface area (Å²) in [4.78, 5) is 17.6. The van der Waals surface area contributed by atoms with Gasteiger partial charge in [0.05, 0.1) is 60.2 Å². The summed E-state index contributed by atoms with van der Waals surface area (Å²) >= 11 is 0. The summed E-state index contributed by atoms with van der Waals surface area (Å²) in [5.74, 6) is 1.22. The second kappa shape index (κ2) is 15.9. The number of methoxy groups -OCH3 is 1. The third-order valence-electron chi connectivity index (χ3n) is 8.74. The van der Waals surface area contributed by atoms with Crippen LogP contribution in [-0.2, 0) is 32.0 Å². The van der Waals surface area contributed by atoms with Crippen molar-refractivity contribution in [1.29, 1.82) is 5.26 Å². The topological polar surface area (TPSA) is 87.4 Å². The number of rotatable bonds is 13. The minimum Gasteiger partial charge on any atom is -0.486 e. The molecule has 2 aromatic carbocycles. The fraction of sp³-hybridized carbons (Fsp3) is 0.405. The van der Waals surface area contributed by atoms with Gasteiger partial charge in [-0.15, -0.1) is 0 Å². The van der Waals surface area contributed by atoms with Crippen LogP contribution in [0.5, 0.6) is 11.6 Å². The Bertz CT molecular complexity index is 1840. The first-order valence-corrected chi connectivity index (χ1v) is 16.5. The minimum atomic E-state index is -4.64. The van der Waals surface area contributed by atoms with Crippen molar-refractivity contribution in [2.75, 3.05) is 30.0 Å². The smallest absolute Gasteiger partial charge is 0.416 e. The van der Waals surface area contributed by atoms with Gasteiger partial charge in [-0.2, -0.15) is 31.6 Å². The lowest BCUT2D eigenvalue weighted by Gasteiger charge is -2.30. The van der Waals surface area contributed by atoms with Crippen LogP contribution in [0.2, 0.25) is 0 Å². The molecule has 5 rings (SSSR count). The zero-order chi connectivity index (χ0) is 36.8. The first kappa shape index (κ1) is 37.2. The lowest BCUT2D eigenvalue weighted by atomic mass is 10.1. The van der Waals surface area contributed by atoms with Crippen LogP contribution in [-0.4, -0.2) is 35.2 Å². The largest absolute Gasteiger partial charge is 0.486 e. The van der Waals surface area contributed by atoms with Gasteiger partial charge in [-0.05, 0) is 80.1 Å². The zero-order valence-corrected chi connectivity index (χ0v) is 28.5. The summed E-state index contributed by atoms with van der Waals surface area (Å²) in [6, 6.07) is 12.3. The lowest BCUT2D eigenvalue weighted by Crippen LogP contribution is -2.31. The number of alkyl halides is 6. The van der Waals surface area contributed by atoms with E-state index in [1.165, 1.54) is 38.4 Å². The van der Waals surface area contributed by atoms with Crippen LogP contribution in [0.25, 0.3) is 0 Å². The number of anilines is 2. The molecule has 1 aliphatic rings. The van der Waals surface area contributed by atoms with Crippen molar-refractivity contribution in [2.24, 2.45) is 5.92 Å². The number of nitriles is 1. The Morgan fingerprint density at radius 1 is 0.863 bits per heavy atom. The highest BCUT2D eigenvalue weighted by Gasteiger charge is 2.32. The molecule has 0 spiro atoms. The van der Waals surface area contributed by atoms with Gasteiger partial charge in [0.25, 0.3) is 0 Å². The Kier molecular flexibility index (Phi) is 11.6. The normalized spacial score (nSPS) is 13.6. The maximum absolute atomic E-state index is 13.8. The molecule has 8 nitrogen and oxygen atoms in total. The number of benzene rings is 2. The molecule has 0 unspecified atom stereocenters. The number of aryl methyl sites for hydroxylation is 1. The molecule has 0 atom stereocenters. The van der Waals surface area contributed by atoms with Gasteiger partial charge in [-0.1, -0.05) is 24.5 Å². The maximum atomic E-state index is 13.8. The molecule has 2 heterocycles. The highest BCUT2D eigenvalue weighted by Crippen LogP contribution is 2.34. The summed E-state index contributed by atoms with van der Waals surface area (Å²) in [6.45, 7) is 5.04. The van der Waals surface area contributed by atoms with E-state index in [1.54, 1.807) is 30.0 Å². The highest BCUT2D eigenvalue weighted by atomic mass is 19.4. The molecule has 1 aliphatic carbocycles. The molecular weight excluding hydrogens is 674 g/mol. The molecule has 0 radical (unpaired) electrons. The van der Waals surface area contributed by atoms with E-state index < -0.39 is 23.5 Å². The van der Waals surface area contributed by atoms with Crippen molar-refractivity contribution < 1.29 is 35.8 Å². The van der Waals surface area contributed by atoms with Crippen LogP contribution in [0.4, 0.5) is 38.0 Å².